The van der Waals surface area contributed by atoms with Crippen molar-refractivity contribution < 1.29 is 9.47 Å². The van der Waals surface area contributed by atoms with E-state index in [0.29, 0.717) is 0 Å². The molecule has 0 fully saturated rings. The van der Waals surface area contributed by atoms with E-state index in [1.54, 1.807) is 0 Å². The molecule has 0 aromatic heterocycles. The fourth-order valence-electron chi connectivity index (χ4n) is 1.83. The van der Waals surface area contributed by atoms with Crippen LogP contribution < -0.4 is 11.5 Å². The summed E-state index contributed by atoms with van der Waals surface area (Å²) in [7, 11) is -1.02. The Labute approximate surface area is 101 Å². The van der Waals surface area contributed by atoms with Crippen LogP contribution in [0.2, 0.25) is 12.1 Å². The Kier molecular flexibility index (Phi) is 11.6. The first-order valence-corrected chi connectivity index (χ1v) is 8.73. The van der Waals surface area contributed by atoms with Gasteiger partial charge in [-0.15, -0.1) is 0 Å². The molecular weight excluding hydrogens is 220 g/mol. The first kappa shape index (κ1) is 16.1. The molecule has 0 aromatic carbocycles. The van der Waals surface area contributed by atoms with Crippen molar-refractivity contribution in [2.24, 2.45) is 11.5 Å². The van der Waals surface area contributed by atoms with Crippen LogP contribution in [0.25, 0.3) is 0 Å². The predicted octanol–water partition coefficient (Wildman–Crippen LogP) is 0.849. The van der Waals surface area contributed by atoms with E-state index in [0.717, 1.165) is 39.1 Å². The van der Waals surface area contributed by atoms with Gasteiger partial charge in [-0.1, -0.05) is 12.1 Å². The average Bonchev–Trinajstić information content (AvgIpc) is 2.29. The lowest BCUT2D eigenvalue weighted by Gasteiger charge is -2.25. The molecule has 0 rings (SSSR count). The largest absolute Gasteiger partial charge is 0.357 e. The lowest BCUT2D eigenvalue weighted by atomic mass is 10.5. The second-order valence-corrected chi connectivity index (χ2v) is 7.12. The Bertz CT molecular complexity index is 136. The van der Waals surface area contributed by atoms with Crippen molar-refractivity contribution in [1.29, 1.82) is 0 Å². The van der Waals surface area contributed by atoms with Crippen LogP contribution in [0.5, 0.6) is 0 Å². The smallest absolute Gasteiger partial charge is 0.138 e. The Balaban J connectivity index is 4.15. The molecule has 5 heteroatoms. The normalized spacial score (nSPS) is 11.6. The Hall–Kier alpha value is 0.0569. The topological polar surface area (TPSA) is 70.5 Å². The molecule has 98 valence electrons. The van der Waals surface area contributed by atoms with E-state index < -0.39 is 8.80 Å². The summed E-state index contributed by atoms with van der Waals surface area (Å²) >= 11 is 0. The molecule has 0 spiro atoms. The SMILES string of the molecule is CCOC(OCC)[SiH](CCCN)CCCN. The summed E-state index contributed by atoms with van der Waals surface area (Å²) in [5.74, 6) is 0.0492. The van der Waals surface area contributed by atoms with Gasteiger partial charge in [-0.2, -0.15) is 0 Å². The van der Waals surface area contributed by atoms with E-state index in [1.807, 2.05) is 13.8 Å². The number of hydrogen-bond donors (Lipinski definition) is 2. The highest BCUT2D eigenvalue weighted by Crippen LogP contribution is 2.14. The molecule has 4 N–H and O–H groups in total. The van der Waals surface area contributed by atoms with Gasteiger partial charge in [0.05, 0.1) is 0 Å². The van der Waals surface area contributed by atoms with E-state index in [9.17, 15) is 0 Å². The standard InChI is InChI=1S/C11H28N2O2Si/c1-3-14-11(15-4-2)16(9-5-7-12)10-6-8-13/h11,16H,3-10,12-13H2,1-2H3. The molecule has 0 heterocycles. The molecule has 0 bridgehead atoms. The second kappa shape index (κ2) is 11.5. The first-order chi connectivity index (χ1) is 7.79. The molecule has 0 unspecified atom stereocenters. The zero-order valence-electron chi connectivity index (χ0n) is 10.8. The van der Waals surface area contributed by atoms with Crippen molar-refractivity contribution in [2.75, 3.05) is 26.3 Å². The Morgan fingerprint density at radius 1 is 0.938 bits per heavy atom. The highest BCUT2D eigenvalue weighted by atomic mass is 28.3. The molecule has 0 aromatic rings. The minimum Gasteiger partial charge on any atom is -0.357 e. The summed E-state index contributed by atoms with van der Waals surface area (Å²) in [5.41, 5.74) is 11.1. The number of hydrogen-bond acceptors (Lipinski definition) is 4. The molecule has 0 aliphatic rings. The van der Waals surface area contributed by atoms with Gasteiger partial charge in [0.2, 0.25) is 0 Å². The minimum atomic E-state index is -1.02. The van der Waals surface area contributed by atoms with Gasteiger partial charge in [-0.3, -0.25) is 0 Å². The van der Waals surface area contributed by atoms with Crippen molar-refractivity contribution in [3.05, 3.63) is 0 Å². The summed E-state index contributed by atoms with van der Waals surface area (Å²) in [5, 5.41) is 0. The molecular formula is C11H28N2O2Si. The van der Waals surface area contributed by atoms with Crippen LogP contribution in [-0.4, -0.2) is 41.0 Å². The molecule has 0 amide bonds. The van der Waals surface area contributed by atoms with E-state index >= 15 is 0 Å². The van der Waals surface area contributed by atoms with E-state index in [4.69, 9.17) is 20.9 Å². The van der Waals surface area contributed by atoms with Crippen LogP contribution in [0.15, 0.2) is 0 Å². The molecule has 0 aliphatic carbocycles. The monoisotopic (exact) mass is 248 g/mol. The average molecular weight is 248 g/mol. The van der Waals surface area contributed by atoms with Gasteiger partial charge >= 0.3 is 0 Å². The Morgan fingerprint density at radius 2 is 1.38 bits per heavy atom. The number of nitrogens with two attached hydrogens (primary N) is 2. The summed E-state index contributed by atoms with van der Waals surface area (Å²) in [6.45, 7) is 7.00. The molecule has 0 radical (unpaired) electrons. The van der Waals surface area contributed by atoms with Gasteiger partial charge in [0.15, 0.2) is 0 Å². The van der Waals surface area contributed by atoms with Crippen molar-refractivity contribution in [3.8, 4) is 0 Å². The molecule has 0 aliphatic heterocycles. The summed E-state index contributed by atoms with van der Waals surface area (Å²) in [6.07, 6.45) is 2.16. The first-order valence-electron chi connectivity index (χ1n) is 6.43. The van der Waals surface area contributed by atoms with Gasteiger partial charge in [-0.05, 0) is 39.8 Å². The van der Waals surface area contributed by atoms with Gasteiger partial charge in [0, 0.05) is 13.2 Å². The van der Waals surface area contributed by atoms with Crippen LogP contribution in [0.1, 0.15) is 26.7 Å². The highest BCUT2D eigenvalue weighted by molar-refractivity contribution is 6.59. The third-order valence-corrected chi connectivity index (χ3v) is 6.06. The molecule has 0 saturated carbocycles. The van der Waals surface area contributed by atoms with Gasteiger partial charge < -0.3 is 20.9 Å². The van der Waals surface area contributed by atoms with Crippen LogP contribution in [0.3, 0.4) is 0 Å². The van der Waals surface area contributed by atoms with Crippen LogP contribution >= 0.6 is 0 Å². The van der Waals surface area contributed by atoms with Gasteiger partial charge in [-0.25, -0.2) is 0 Å². The zero-order chi connectivity index (χ0) is 12.2. The minimum absolute atomic E-state index is 0.0492. The van der Waals surface area contributed by atoms with Crippen LogP contribution in [0, 0.1) is 0 Å². The van der Waals surface area contributed by atoms with E-state index in [-0.39, 0.29) is 5.91 Å². The highest BCUT2D eigenvalue weighted by Gasteiger charge is 2.22. The zero-order valence-corrected chi connectivity index (χ0v) is 11.9. The van der Waals surface area contributed by atoms with Crippen LogP contribution in [-0.2, 0) is 9.47 Å². The fraction of sp³-hybridized carbons (Fsp3) is 1.00. The third-order valence-electron chi connectivity index (χ3n) is 2.60. The maximum absolute atomic E-state index is 5.70. The van der Waals surface area contributed by atoms with Crippen molar-refractivity contribution in [1.82, 2.24) is 0 Å². The molecule has 0 atom stereocenters. The molecule has 16 heavy (non-hydrogen) atoms. The predicted molar refractivity (Wildman–Crippen MR) is 71.1 cm³/mol. The maximum atomic E-state index is 5.70. The van der Waals surface area contributed by atoms with Crippen molar-refractivity contribution >= 4 is 8.80 Å². The molecule has 0 saturated heterocycles. The second-order valence-electron chi connectivity index (χ2n) is 3.90. The Morgan fingerprint density at radius 3 is 1.69 bits per heavy atom. The van der Waals surface area contributed by atoms with Crippen LogP contribution in [0.4, 0.5) is 0 Å². The van der Waals surface area contributed by atoms with Gasteiger partial charge in [0.25, 0.3) is 0 Å². The van der Waals surface area contributed by atoms with Crippen molar-refractivity contribution in [2.45, 2.75) is 44.7 Å². The summed E-state index contributed by atoms with van der Waals surface area (Å²) in [4.78, 5) is 0. The maximum Gasteiger partial charge on any atom is 0.138 e. The van der Waals surface area contributed by atoms with E-state index in [2.05, 4.69) is 0 Å². The summed E-state index contributed by atoms with van der Waals surface area (Å²) in [6, 6.07) is 2.39. The third kappa shape index (κ3) is 7.35. The van der Waals surface area contributed by atoms with Gasteiger partial charge in [0.1, 0.15) is 14.7 Å². The van der Waals surface area contributed by atoms with Crippen molar-refractivity contribution in [3.63, 3.8) is 0 Å². The number of ether oxygens (including phenoxy) is 2. The fourth-order valence-corrected chi connectivity index (χ4v) is 5.11. The lowest BCUT2D eigenvalue weighted by Crippen LogP contribution is -2.36. The lowest BCUT2D eigenvalue weighted by molar-refractivity contribution is -0.0858. The van der Waals surface area contributed by atoms with E-state index in [1.165, 1.54) is 12.1 Å². The number of rotatable bonds is 11. The quantitative estimate of drug-likeness (QED) is 0.420. The summed E-state index contributed by atoms with van der Waals surface area (Å²) < 4.78 is 11.4. The molecule has 4 nitrogen and oxygen atoms in total.